The van der Waals surface area contributed by atoms with Crippen LogP contribution in [0.5, 0.6) is 0 Å². The number of carbonyl (C=O) groups excluding carboxylic acids is 1. The Balaban J connectivity index is 2.67. The first kappa shape index (κ1) is 15.0. The molecule has 0 spiro atoms. The Hall–Kier alpha value is -2.35. The quantitative estimate of drug-likeness (QED) is 0.804. The maximum Gasteiger partial charge on any atom is 0.249 e. The molecule has 0 aliphatic heterocycles. The lowest BCUT2D eigenvalue weighted by molar-refractivity contribution is 0.1000. The number of rotatable bonds is 5. The van der Waals surface area contributed by atoms with E-state index in [4.69, 9.17) is 5.73 Å². The van der Waals surface area contributed by atoms with Crippen molar-refractivity contribution in [1.82, 2.24) is 0 Å². The van der Waals surface area contributed by atoms with E-state index < -0.39 is 0 Å². The molecule has 0 aliphatic rings. The van der Waals surface area contributed by atoms with Gasteiger partial charge in [0.2, 0.25) is 5.91 Å². The van der Waals surface area contributed by atoms with Gasteiger partial charge >= 0.3 is 0 Å². The van der Waals surface area contributed by atoms with Gasteiger partial charge in [0, 0.05) is 5.56 Å². The molecule has 0 saturated heterocycles. The molecule has 0 aromatic heterocycles. The first-order valence-electron chi connectivity index (χ1n) is 7.35. The second kappa shape index (κ2) is 6.89. The maximum absolute atomic E-state index is 11.7. The van der Waals surface area contributed by atoms with E-state index in [9.17, 15) is 4.79 Å². The van der Waals surface area contributed by atoms with Gasteiger partial charge in [-0.15, -0.1) is 0 Å². The van der Waals surface area contributed by atoms with Crippen molar-refractivity contribution in [2.75, 3.05) is 0 Å². The summed E-state index contributed by atoms with van der Waals surface area (Å²) in [7, 11) is 0. The molecule has 2 nitrogen and oxygen atoms in total. The van der Waals surface area contributed by atoms with E-state index in [0.717, 1.165) is 18.4 Å². The number of benzene rings is 2. The van der Waals surface area contributed by atoms with Crippen LogP contribution in [0.3, 0.4) is 0 Å². The summed E-state index contributed by atoms with van der Waals surface area (Å²) in [4.78, 5) is 11.7. The molecule has 21 heavy (non-hydrogen) atoms. The van der Waals surface area contributed by atoms with Crippen LogP contribution in [0.1, 0.15) is 48.2 Å². The predicted octanol–water partition coefficient (Wildman–Crippen LogP) is 4.52. The van der Waals surface area contributed by atoms with Crippen molar-refractivity contribution >= 4 is 17.1 Å². The van der Waals surface area contributed by atoms with Crippen molar-refractivity contribution in [3.63, 3.8) is 0 Å². The monoisotopic (exact) mass is 279 g/mol. The minimum Gasteiger partial charge on any atom is -0.366 e. The van der Waals surface area contributed by atoms with Crippen LogP contribution in [0.2, 0.25) is 0 Å². The molecule has 108 valence electrons. The van der Waals surface area contributed by atoms with E-state index in [-0.39, 0.29) is 5.91 Å². The molecule has 0 unspecified atom stereocenters. The standard InChI is InChI=1S/C19H21NO/c1-3-15(14-10-6-5-7-11-14)16(4-2)17-12-8-9-13-18(17)19(20)21/h5-13H,3-4H2,1-2H3,(H2,20,21). The summed E-state index contributed by atoms with van der Waals surface area (Å²) >= 11 is 0. The van der Waals surface area contributed by atoms with Gasteiger partial charge in [-0.2, -0.15) is 0 Å². The number of carbonyl (C=O) groups is 1. The number of hydrogen-bond donors (Lipinski definition) is 1. The zero-order valence-electron chi connectivity index (χ0n) is 12.6. The normalized spacial score (nSPS) is 11.9. The minimum atomic E-state index is -0.375. The van der Waals surface area contributed by atoms with Crippen molar-refractivity contribution < 1.29 is 4.79 Å². The molecule has 2 rings (SSSR count). The number of hydrogen-bond acceptors (Lipinski definition) is 1. The lowest BCUT2D eigenvalue weighted by Gasteiger charge is -2.16. The highest BCUT2D eigenvalue weighted by atomic mass is 16.1. The van der Waals surface area contributed by atoms with Crippen LogP contribution in [0.25, 0.3) is 11.1 Å². The molecule has 0 heterocycles. The summed E-state index contributed by atoms with van der Waals surface area (Å²) in [6.45, 7) is 4.26. The van der Waals surface area contributed by atoms with E-state index in [1.807, 2.05) is 36.4 Å². The van der Waals surface area contributed by atoms with Crippen molar-refractivity contribution in [3.05, 3.63) is 71.3 Å². The van der Waals surface area contributed by atoms with Gasteiger partial charge in [0.15, 0.2) is 0 Å². The highest BCUT2D eigenvalue weighted by molar-refractivity contribution is 6.02. The van der Waals surface area contributed by atoms with Crippen LogP contribution in [0.15, 0.2) is 54.6 Å². The Bertz CT molecular complexity index is 656. The molecular weight excluding hydrogens is 258 g/mol. The molecule has 0 bridgehead atoms. The summed E-state index contributed by atoms with van der Waals surface area (Å²) in [5.74, 6) is -0.375. The zero-order chi connectivity index (χ0) is 15.2. The summed E-state index contributed by atoms with van der Waals surface area (Å²) in [5.41, 5.74) is 10.7. The van der Waals surface area contributed by atoms with E-state index >= 15 is 0 Å². The molecular formula is C19H21NO. The fraction of sp³-hybridized carbons (Fsp3) is 0.211. The van der Waals surface area contributed by atoms with Crippen LogP contribution in [0.4, 0.5) is 0 Å². The van der Waals surface area contributed by atoms with E-state index in [0.29, 0.717) is 5.56 Å². The summed E-state index contributed by atoms with van der Waals surface area (Å²) in [5, 5.41) is 0. The van der Waals surface area contributed by atoms with Gasteiger partial charge in [-0.1, -0.05) is 62.4 Å². The molecule has 2 heteroatoms. The Kier molecular flexibility index (Phi) is 4.94. The van der Waals surface area contributed by atoms with Gasteiger partial charge in [-0.25, -0.2) is 0 Å². The average molecular weight is 279 g/mol. The third kappa shape index (κ3) is 3.22. The Morgan fingerprint density at radius 1 is 0.810 bits per heavy atom. The number of primary amides is 1. The zero-order valence-corrected chi connectivity index (χ0v) is 12.6. The molecule has 0 atom stereocenters. The van der Waals surface area contributed by atoms with Crippen molar-refractivity contribution in [2.24, 2.45) is 5.73 Å². The van der Waals surface area contributed by atoms with Crippen LogP contribution < -0.4 is 5.73 Å². The van der Waals surface area contributed by atoms with Gasteiger partial charge < -0.3 is 5.73 Å². The molecule has 0 radical (unpaired) electrons. The SMILES string of the molecule is CCC(=C(CC)c1ccccc1C(N)=O)c1ccccc1. The van der Waals surface area contributed by atoms with Gasteiger partial charge in [0.05, 0.1) is 0 Å². The first-order valence-corrected chi connectivity index (χ1v) is 7.35. The van der Waals surface area contributed by atoms with Gasteiger partial charge in [-0.05, 0) is 41.2 Å². The second-order valence-corrected chi connectivity index (χ2v) is 4.94. The summed E-state index contributed by atoms with van der Waals surface area (Å²) in [6, 6.07) is 17.9. The van der Waals surface area contributed by atoms with Gasteiger partial charge in [-0.3, -0.25) is 4.79 Å². The van der Waals surface area contributed by atoms with E-state index in [1.54, 1.807) is 6.07 Å². The molecule has 0 saturated carbocycles. The van der Waals surface area contributed by atoms with Crippen LogP contribution in [0, 0.1) is 0 Å². The highest BCUT2D eigenvalue weighted by Crippen LogP contribution is 2.32. The fourth-order valence-corrected chi connectivity index (χ4v) is 2.76. The molecule has 1 amide bonds. The molecule has 2 N–H and O–H groups in total. The van der Waals surface area contributed by atoms with E-state index in [1.165, 1.54) is 16.7 Å². The number of nitrogens with two attached hydrogens (primary N) is 1. The lowest BCUT2D eigenvalue weighted by Crippen LogP contribution is -2.13. The minimum absolute atomic E-state index is 0.375. The lowest BCUT2D eigenvalue weighted by atomic mass is 9.89. The predicted molar refractivity (Wildman–Crippen MR) is 88.8 cm³/mol. The van der Waals surface area contributed by atoms with Crippen molar-refractivity contribution in [3.8, 4) is 0 Å². The fourth-order valence-electron chi connectivity index (χ4n) is 2.76. The second-order valence-electron chi connectivity index (χ2n) is 4.94. The topological polar surface area (TPSA) is 43.1 Å². The Morgan fingerprint density at radius 3 is 1.86 bits per heavy atom. The van der Waals surface area contributed by atoms with Crippen LogP contribution in [-0.4, -0.2) is 5.91 Å². The van der Waals surface area contributed by atoms with Crippen LogP contribution >= 0.6 is 0 Å². The molecule has 2 aromatic rings. The average Bonchev–Trinajstić information content (AvgIpc) is 2.53. The van der Waals surface area contributed by atoms with E-state index in [2.05, 4.69) is 26.0 Å². The number of amides is 1. The van der Waals surface area contributed by atoms with Crippen molar-refractivity contribution in [1.29, 1.82) is 0 Å². The smallest absolute Gasteiger partial charge is 0.249 e. The number of allylic oxidation sites excluding steroid dienone is 2. The largest absolute Gasteiger partial charge is 0.366 e. The summed E-state index contributed by atoms with van der Waals surface area (Å²) < 4.78 is 0. The van der Waals surface area contributed by atoms with Gasteiger partial charge in [0.1, 0.15) is 0 Å². The molecule has 2 aromatic carbocycles. The summed E-state index contributed by atoms with van der Waals surface area (Å²) in [6.07, 6.45) is 1.78. The third-order valence-corrected chi connectivity index (χ3v) is 3.71. The highest BCUT2D eigenvalue weighted by Gasteiger charge is 2.14. The van der Waals surface area contributed by atoms with Crippen molar-refractivity contribution in [2.45, 2.75) is 26.7 Å². The first-order chi connectivity index (χ1) is 10.2. The molecule has 0 fully saturated rings. The Morgan fingerprint density at radius 2 is 1.33 bits per heavy atom. The van der Waals surface area contributed by atoms with Crippen LogP contribution in [-0.2, 0) is 0 Å². The molecule has 0 aliphatic carbocycles. The Labute approximate surface area is 126 Å². The third-order valence-electron chi connectivity index (χ3n) is 3.71. The maximum atomic E-state index is 11.7. The van der Waals surface area contributed by atoms with Gasteiger partial charge in [0.25, 0.3) is 0 Å².